The molecule has 3 amide bonds. The molecule has 0 fully saturated rings. The van der Waals surface area contributed by atoms with Gasteiger partial charge >= 0.3 is 6.03 Å². The molecule has 0 bridgehead atoms. The molecule has 2 unspecified atom stereocenters. The number of benzene rings is 2. The van der Waals surface area contributed by atoms with Gasteiger partial charge in [0.15, 0.2) is 0 Å². The molecule has 0 aliphatic carbocycles. The van der Waals surface area contributed by atoms with E-state index in [1.54, 1.807) is 0 Å². The summed E-state index contributed by atoms with van der Waals surface area (Å²) in [6, 6.07) is 19.2. The van der Waals surface area contributed by atoms with Crippen molar-refractivity contribution in [3.05, 3.63) is 71.8 Å². The Hall–Kier alpha value is -2.82. The molecule has 0 saturated heterocycles. The fourth-order valence-electron chi connectivity index (χ4n) is 3.20. The highest BCUT2D eigenvalue weighted by Crippen LogP contribution is 2.27. The number of hydrogen-bond acceptors (Lipinski definition) is 2. The van der Waals surface area contributed by atoms with Crippen molar-refractivity contribution in [2.45, 2.75) is 38.6 Å². The Bertz CT molecular complexity index is 679. The van der Waals surface area contributed by atoms with E-state index in [-0.39, 0.29) is 17.7 Å². The summed E-state index contributed by atoms with van der Waals surface area (Å²) in [7, 11) is 0. The van der Waals surface area contributed by atoms with Crippen LogP contribution in [-0.2, 0) is 4.79 Å². The normalized spacial score (nSPS) is 13.0. The molecule has 2 rings (SSSR count). The van der Waals surface area contributed by atoms with Crippen LogP contribution in [0, 0.1) is 5.92 Å². The van der Waals surface area contributed by atoms with Crippen LogP contribution in [0.5, 0.6) is 0 Å². The largest absolute Gasteiger partial charge is 0.354 e. The van der Waals surface area contributed by atoms with Crippen LogP contribution < -0.4 is 16.4 Å². The van der Waals surface area contributed by atoms with E-state index in [9.17, 15) is 9.59 Å². The van der Waals surface area contributed by atoms with Gasteiger partial charge in [0.05, 0.1) is 0 Å². The van der Waals surface area contributed by atoms with Crippen molar-refractivity contribution in [1.29, 1.82) is 0 Å². The van der Waals surface area contributed by atoms with Crippen molar-refractivity contribution in [3.63, 3.8) is 0 Å². The Morgan fingerprint density at radius 1 is 0.963 bits per heavy atom. The Morgan fingerprint density at radius 2 is 1.48 bits per heavy atom. The number of primary amides is 1. The highest BCUT2D eigenvalue weighted by molar-refractivity contribution is 5.86. The second kappa shape index (κ2) is 10.4. The molecule has 0 heterocycles. The first-order valence-corrected chi connectivity index (χ1v) is 9.46. The minimum atomic E-state index is -0.679. The standard InChI is InChI=1S/C22H29N3O2/c1-3-16(2)20(25-22(23)27)21(26)24-15-14-19(17-10-6-4-7-11-17)18-12-8-5-9-13-18/h4-13,16,19-20H,3,14-15H2,1-2H3,(H,24,26)(H3,23,25,27). The lowest BCUT2D eigenvalue weighted by molar-refractivity contribution is -0.124. The summed E-state index contributed by atoms with van der Waals surface area (Å²) in [4.78, 5) is 23.8. The molecule has 5 nitrogen and oxygen atoms in total. The second-order valence-corrected chi connectivity index (χ2v) is 6.83. The molecular formula is C22H29N3O2. The van der Waals surface area contributed by atoms with E-state index in [0.29, 0.717) is 6.54 Å². The number of carbonyl (C=O) groups excluding carboxylic acids is 2. The Balaban J connectivity index is 2.04. The summed E-state index contributed by atoms with van der Waals surface area (Å²) in [5.41, 5.74) is 7.65. The highest BCUT2D eigenvalue weighted by atomic mass is 16.2. The number of hydrogen-bond donors (Lipinski definition) is 3. The van der Waals surface area contributed by atoms with Gasteiger partial charge in [-0.25, -0.2) is 4.79 Å². The first-order chi connectivity index (χ1) is 13.0. The molecule has 0 radical (unpaired) electrons. The first-order valence-electron chi connectivity index (χ1n) is 9.46. The third kappa shape index (κ3) is 6.13. The molecule has 0 aromatic heterocycles. The Kier molecular flexibility index (Phi) is 7.86. The zero-order chi connectivity index (χ0) is 19.6. The monoisotopic (exact) mass is 367 g/mol. The maximum atomic E-state index is 12.6. The van der Waals surface area contributed by atoms with E-state index < -0.39 is 12.1 Å². The van der Waals surface area contributed by atoms with E-state index >= 15 is 0 Å². The van der Waals surface area contributed by atoms with Gasteiger partial charge in [-0.3, -0.25) is 4.79 Å². The van der Waals surface area contributed by atoms with E-state index in [0.717, 1.165) is 12.8 Å². The minimum absolute atomic E-state index is 0.0107. The van der Waals surface area contributed by atoms with Gasteiger partial charge in [0.1, 0.15) is 6.04 Å². The average Bonchev–Trinajstić information content (AvgIpc) is 2.70. The molecule has 2 atom stereocenters. The summed E-state index contributed by atoms with van der Waals surface area (Å²) >= 11 is 0. The van der Waals surface area contributed by atoms with E-state index in [4.69, 9.17) is 5.73 Å². The molecule has 2 aromatic rings. The van der Waals surface area contributed by atoms with Crippen LogP contribution in [0.1, 0.15) is 43.7 Å². The molecular weight excluding hydrogens is 338 g/mol. The second-order valence-electron chi connectivity index (χ2n) is 6.83. The molecule has 0 aliphatic heterocycles. The quantitative estimate of drug-likeness (QED) is 0.634. The lowest BCUT2D eigenvalue weighted by Crippen LogP contribution is -2.52. The first kappa shape index (κ1) is 20.5. The van der Waals surface area contributed by atoms with Crippen LogP contribution in [0.15, 0.2) is 60.7 Å². The summed E-state index contributed by atoms with van der Waals surface area (Å²) in [6.07, 6.45) is 1.54. The van der Waals surface area contributed by atoms with Crippen LogP contribution in [0.3, 0.4) is 0 Å². The zero-order valence-corrected chi connectivity index (χ0v) is 16.0. The van der Waals surface area contributed by atoms with E-state index in [1.807, 2.05) is 50.2 Å². The van der Waals surface area contributed by atoms with Gasteiger partial charge in [-0.05, 0) is 23.5 Å². The number of nitrogens with two attached hydrogens (primary N) is 1. The third-order valence-electron chi connectivity index (χ3n) is 4.93. The molecule has 144 valence electrons. The van der Waals surface area contributed by atoms with Gasteiger partial charge in [0.2, 0.25) is 5.91 Å². The summed E-state index contributed by atoms with van der Waals surface area (Å²) in [5, 5.41) is 5.52. The summed E-state index contributed by atoms with van der Waals surface area (Å²) in [5.74, 6) is 0.0124. The SMILES string of the molecule is CCC(C)C(NC(N)=O)C(=O)NCCC(c1ccccc1)c1ccccc1. The number of nitrogens with one attached hydrogen (secondary N) is 2. The van der Waals surface area contributed by atoms with Crippen molar-refractivity contribution in [2.75, 3.05) is 6.54 Å². The Morgan fingerprint density at radius 3 is 1.93 bits per heavy atom. The zero-order valence-electron chi connectivity index (χ0n) is 16.0. The van der Waals surface area contributed by atoms with Crippen molar-refractivity contribution in [1.82, 2.24) is 10.6 Å². The summed E-state index contributed by atoms with van der Waals surface area (Å²) in [6.45, 7) is 4.42. The summed E-state index contributed by atoms with van der Waals surface area (Å²) < 4.78 is 0. The molecule has 4 N–H and O–H groups in total. The number of rotatable bonds is 9. The molecule has 5 heteroatoms. The van der Waals surface area contributed by atoms with Gasteiger partial charge in [0, 0.05) is 12.5 Å². The van der Waals surface area contributed by atoms with Gasteiger partial charge in [0.25, 0.3) is 0 Å². The van der Waals surface area contributed by atoms with Crippen molar-refractivity contribution in [2.24, 2.45) is 11.7 Å². The van der Waals surface area contributed by atoms with Crippen molar-refractivity contribution >= 4 is 11.9 Å². The van der Waals surface area contributed by atoms with Gasteiger partial charge in [-0.2, -0.15) is 0 Å². The van der Waals surface area contributed by atoms with Crippen LogP contribution in [0.25, 0.3) is 0 Å². The maximum absolute atomic E-state index is 12.6. The molecule has 0 spiro atoms. The van der Waals surface area contributed by atoms with Gasteiger partial charge < -0.3 is 16.4 Å². The van der Waals surface area contributed by atoms with Gasteiger partial charge in [-0.1, -0.05) is 80.9 Å². The fourth-order valence-corrected chi connectivity index (χ4v) is 3.20. The average molecular weight is 367 g/mol. The third-order valence-corrected chi connectivity index (χ3v) is 4.93. The van der Waals surface area contributed by atoms with Crippen LogP contribution >= 0.6 is 0 Å². The highest BCUT2D eigenvalue weighted by Gasteiger charge is 2.25. The number of amides is 3. The minimum Gasteiger partial charge on any atom is -0.354 e. The predicted molar refractivity (Wildman–Crippen MR) is 108 cm³/mol. The number of urea groups is 1. The lowest BCUT2D eigenvalue weighted by Gasteiger charge is -2.23. The predicted octanol–water partition coefficient (Wildman–Crippen LogP) is 3.41. The molecule has 0 aliphatic rings. The maximum Gasteiger partial charge on any atom is 0.312 e. The van der Waals surface area contributed by atoms with Crippen LogP contribution in [0.4, 0.5) is 4.79 Å². The Labute approximate surface area is 161 Å². The molecule has 2 aromatic carbocycles. The van der Waals surface area contributed by atoms with Gasteiger partial charge in [-0.15, -0.1) is 0 Å². The van der Waals surface area contributed by atoms with Crippen molar-refractivity contribution < 1.29 is 9.59 Å². The molecule has 0 saturated carbocycles. The van der Waals surface area contributed by atoms with Crippen LogP contribution in [0.2, 0.25) is 0 Å². The smallest absolute Gasteiger partial charge is 0.312 e. The van der Waals surface area contributed by atoms with E-state index in [1.165, 1.54) is 11.1 Å². The molecule has 27 heavy (non-hydrogen) atoms. The number of carbonyl (C=O) groups is 2. The van der Waals surface area contributed by atoms with Crippen molar-refractivity contribution in [3.8, 4) is 0 Å². The lowest BCUT2D eigenvalue weighted by atomic mass is 9.88. The van der Waals surface area contributed by atoms with Crippen LogP contribution in [-0.4, -0.2) is 24.5 Å². The van der Waals surface area contributed by atoms with E-state index in [2.05, 4.69) is 34.9 Å². The fraction of sp³-hybridized carbons (Fsp3) is 0.364. The topological polar surface area (TPSA) is 84.2 Å².